The van der Waals surface area contributed by atoms with E-state index in [1.807, 2.05) is 73.7 Å². The summed E-state index contributed by atoms with van der Waals surface area (Å²) in [5.74, 6) is 0. The number of halogens is 1. The molecular weight excluding hydrogens is 299 g/mol. The maximum Gasteiger partial charge on any atom is 0.171 e. The molecule has 0 heterocycles. The van der Waals surface area contributed by atoms with Crippen LogP contribution in [-0.2, 0) is 4.57 Å². The van der Waals surface area contributed by atoms with Crippen molar-refractivity contribution in [3.63, 3.8) is 0 Å². The maximum atomic E-state index is 13.8. The molecule has 0 aliphatic carbocycles. The third-order valence-corrected chi connectivity index (χ3v) is 6.84. The molecule has 2 rings (SSSR count). The molecule has 0 atom stereocenters. The van der Waals surface area contributed by atoms with Crippen LogP contribution in [0, 0.1) is 0 Å². The van der Waals surface area contributed by atoms with E-state index in [-0.39, 0.29) is 0 Å². The molecule has 0 aliphatic rings. The first kappa shape index (κ1) is 15.8. The fraction of sp³-hybridized carbons (Fsp3) is 0.111. The molecule has 0 bridgehead atoms. The average molecular weight is 317 g/mol. The van der Waals surface area contributed by atoms with Gasteiger partial charge in [0.25, 0.3) is 0 Å². The summed E-state index contributed by atoms with van der Waals surface area (Å²) in [6, 6.07) is 18.8. The smallest absolute Gasteiger partial charge is 0.171 e. The minimum atomic E-state index is -3.00. The molecule has 0 amide bonds. The van der Waals surface area contributed by atoms with Crippen LogP contribution in [-0.4, -0.2) is 0 Å². The van der Waals surface area contributed by atoms with Crippen molar-refractivity contribution in [3.05, 3.63) is 83.7 Å². The molecule has 0 fully saturated rings. The van der Waals surface area contributed by atoms with Crippen molar-refractivity contribution in [1.82, 2.24) is 0 Å². The summed E-state index contributed by atoms with van der Waals surface area (Å²) in [6.45, 7) is 6.03. The molecule has 2 aromatic carbocycles. The van der Waals surface area contributed by atoms with Gasteiger partial charge >= 0.3 is 0 Å². The molecule has 0 aliphatic heterocycles. The third kappa shape index (κ3) is 3.20. The van der Waals surface area contributed by atoms with Gasteiger partial charge in [0, 0.05) is 21.0 Å². The van der Waals surface area contributed by atoms with E-state index >= 15 is 0 Å². The lowest BCUT2D eigenvalue weighted by Crippen LogP contribution is -2.17. The predicted octanol–water partition coefficient (Wildman–Crippen LogP) is 5.05. The van der Waals surface area contributed by atoms with Crippen LogP contribution in [0.4, 0.5) is 0 Å². The van der Waals surface area contributed by atoms with E-state index in [4.69, 9.17) is 11.6 Å². The van der Waals surface area contributed by atoms with E-state index in [1.165, 1.54) is 0 Å². The van der Waals surface area contributed by atoms with Crippen LogP contribution in [0.3, 0.4) is 0 Å². The zero-order valence-corrected chi connectivity index (χ0v) is 13.6. The second kappa shape index (κ2) is 6.93. The van der Waals surface area contributed by atoms with Gasteiger partial charge in [-0.25, -0.2) is 0 Å². The van der Waals surface area contributed by atoms with Crippen molar-refractivity contribution >= 4 is 29.4 Å². The van der Waals surface area contributed by atoms with Crippen LogP contribution in [0.2, 0.25) is 0 Å². The highest BCUT2D eigenvalue weighted by Gasteiger charge is 2.31. The van der Waals surface area contributed by atoms with Crippen LogP contribution in [0.15, 0.2) is 83.7 Å². The minimum Gasteiger partial charge on any atom is -0.309 e. The maximum absolute atomic E-state index is 13.8. The molecular formula is C18H18ClOP. The van der Waals surface area contributed by atoms with Gasteiger partial charge < -0.3 is 4.57 Å². The van der Waals surface area contributed by atoms with E-state index in [9.17, 15) is 4.57 Å². The molecule has 2 aromatic rings. The van der Waals surface area contributed by atoms with Gasteiger partial charge in [0.15, 0.2) is 7.14 Å². The molecule has 0 spiro atoms. The van der Waals surface area contributed by atoms with Gasteiger partial charge in [0.2, 0.25) is 0 Å². The van der Waals surface area contributed by atoms with Crippen LogP contribution in [0.5, 0.6) is 0 Å². The summed E-state index contributed by atoms with van der Waals surface area (Å²) in [5, 5.41) is 2.48. The summed E-state index contributed by atoms with van der Waals surface area (Å²) in [6.07, 6.45) is 2.63. The summed E-state index contributed by atoms with van der Waals surface area (Å²) >= 11 is 6.30. The fourth-order valence-corrected chi connectivity index (χ4v) is 5.19. The van der Waals surface area contributed by atoms with Crippen molar-refractivity contribution in [2.75, 3.05) is 0 Å². The van der Waals surface area contributed by atoms with Gasteiger partial charge in [-0.05, 0) is 6.42 Å². The van der Waals surface area contributed by atoms with Crippen LogP contribution in [0.1, 0.15) is 13.3 Å². The topological polar surface area (TPSA) is 17.1 Å². The largest absolute Gasteiger partial charge is 0.309 e. The van der Waals surface area contributed by atoms with E-state index in [0.717, 1.165) is 17.0 Å². The lowest BCUT2D eigenvalue weighted by molar-refractivity contribution is 0.591. The molecule has 0 saturated heterocycles. The number of hydrogen-bond acceptors (Lipinski definition) is 1. The van der Waals surface area contributed by atoms with Crippen LogP contribution < -0.4 is 10.6 Å². The zero-order chi connectivity index (χ0) is 15.3. The van der Waals surface area contributed by atoms with Gasteiger partial charge in [-0.15, -0.1) is 0 Å². The summed E-state index contributed by atoms with van der Waals surface area (Å²) in [4.78, 5) is 0. The molecule has 108 valence electrons. The molecule has 0 aromatic heterocycles. The first-order valence-electron chi connectivity index (χ1n) is 6.87. The van der Waals surface area contributed by atoms with Crippen molar-refractivity contribution in [2.45, 2.75) is 13.3 Å². The Bertz CT molecular complexity index is 646. The van der Waals surface area contributed by atoms with Crippen LogP contribution >= 0.6 is 18.7 Å². The Morgan fingerprint density at radius 1 is 1.05 bits per heavy atom. The summed E-state index contributed by atoms with van der Waals surface area (Å²) in [5.41, 5.74) is 0. The molecule has 0 N–H and O–H groups in total. The normalized spacial score (nSPS) is 12.2. The van der Waals surface area contributed by atoms with E-state index in [1.54, 1.807) is 0 Å². The van der Waals surface area contributed by atoms with Crippen molar-refractivity contribution in [1.29, 1.82) is 0 Å². The molecule has 0 unspecified atom stereocenters. The first-order valence-corrected chi connectivity index (χ1v) is 8.96. The Morgan fingerprint density at radius 3 is 1.86 bits per heavy atom. The van der Waals surface area contributed by atoms with Gasteiger partial charge in [0.1, 0.15) is 0 Å². The Balaban J connectivity index is 2.64. The number of benzene rings is 2. The Labute approximate surface area is 131 Å². The van der Waals surface area contributed by atoms with Gasteiger partial charge in [-0.1, -0.05) is 91.8 Å². The van der Waals surface area contributed by atoms with Gasteiger partial charge in [-0.2, -0.15) is 0 Å². The lowest BCUT2D eigenvalue weighted by Gasteiger charge is -2.21. The highest BCUT2D eigenvalue weighted by atomic mass is 35.5. The average Bonchev–Trinajstić information content (AvgIpc) is 2.55. The summed E-state index contributed by atoms with van der Waals surface area (Å²) in [7, 11) is -3.00. The molecule has 0 saturated carbocycles. The lowest BCUT2D eigenvalue weighted by atomic mass is 10.4. The Kier molecular flexibility index (Phi) is 5.22. The molecule has 1 nitrogen and oxygen atoms in total. The fourth-order valence-electron chi connectivity index (χ4n) is 2.18. The second-order valence-electron chi connectivity index (χ2n) is 4.69. The quantitative estimate of drug-likeness (QED) is 0.557. The summed E-state index contributed by atoms with van der Waals surface area (Å²) < 4.78 is 13.8. The Morgan fingerprint density at radius 2 is 1.48 bits per heavy atom. The van der Waals surface area contributed by atoms with Gasteiger partial charge in [0.05, 0.1) is 0 Å². The van der Waals surface area contributed by atoms with E-state index in [2.05, 4.69) is 6.58 Å². The molecule has 0 radical (unpaired) electrons. The molecule has 3 heteroatoms. The number of rotatable bonds is 5. The minimum absolute atomic E-state index is 0.480. The monoisotopic (exact) mass is 316 g/mol. The van der Waals surface area contributed by atoms with Crippen molar-refractivity contribution in [3.8, 4) is 0 Å². The number of allylic oxidation sites excluding steroid dienone is 3. The first-order chi connectivity index (χ1) is 10.1. The predicted molar refractivity (Wildman–Crippen MR) is 93.1 cm³/mol. The van der Waals surface area contributed by atoms with Crippen molar-refractivity contribution < 1.29 is 4.57 Å². The molecule has 21 heavy (non-hydrogen) atoms. The van der Waals surface area contributed by atoms with Crippen molar-refractivity contribution in [2.24, 2.45) is 0 Å². The SMILES string of the molecule is C=C(/C(Cl)=C/CC)P(=O)(c1ccccc1)c1ccccc1. The standard InChI is InChI=1S/C18H18ClOP/c1-3-10-18(19)15(2)21(20,16-11-6-4-7-12-16)17-13-8-5-9-14-17/h4-14H,2-3H2,1H3/b18-10-. The van der Waals surface area contributed by atoms with Crippen LogP contribution in [0.25, 0.3) is 0 Å². The zero-order valence-electron chi connectivity index (χ0n) is 12.0. The number of hydrogen-bond donors (Lipinski definition) is 0. The third-order valence-electron chi connectivity index (χ3n) is 3.28. The Hall–Kier alpha value is -1.56. The second-order valence-corrected chi connectivity index (χ2v) is 7.89. The highest BCUT2D eigenvalue weighted by Crippen LogP contribution is 2.54. The van der Waals surface area contributed by atoms with Gasteiger partial charge in [-0.3, -0.25) is 0 Å². The van der Waals surface area contributed by atoms with E-state index in [0.29, 0.717) is 10.3 Å². The highest BCUT2D eigenvalue weighted by molar-refractivity contribution is 7.82. The van der Waals surface area contributed by atoms with E-state index < -0.39 is 7.14 Å².